The van der Waals surface area contributed by atoms with Crippen molar-refractivity contribution in [2.75, 3.05) is 0 Å². The highest BCUT2D eigenvalue weighted by Gasteiger charge is 2.18. The van der Waals surface area contributed by atoms with Crippen LogP contribution in [0.25, 0.3) is 0 Å². The number of hydrogen-bond acceptors (Lipinski definition) is 1. The second kappa shape index (κ2) is 1.97. The van der Waals surface area contributed by atoms with Gasteiger partial charge in [-0.15, -0.1) is 0 Å². The van der Waals surface area contributed by atoms with Crippen molar-refractivity contribution in [1.29, 1.82) is 0 Å². The van der Waals surface area contributed by atoms with Gasteiger partial charge in [-0.2, -0.15) is 0 Å². The van der Waals surface area contributed by atoms with Crippen LogP contribution < -0.4 is 5.32 Å². The molecule has 0 aromatic heterocycles. The molecule has 0 spiro atoms. The third-order valence-electron chi connectivity index (χ3n) is 1.91. The van der Waals surface area contributed by atoms with Gasteiger partial charge in [0.25, 0.3) is 0 Å². The predicted octanol–water partition coefficient (Wildman–Crippen LogP) is 1.11. The van der Waals surface area contributed by atoms with Gasteiger partial charge < -0.3 is 5.32 Å². The lowest BCUT2D eigenvalue weighted by atomic mass is 10.0. The molecule has 0 atom stereocenters. The first-order valence-corrected chi connectivity index (χ1v) is 3.58. The molecule has 0 unspecified atom stereocenters. The Morgan fingerprint density at radius 3 is 3.20 bits per heavy atom. The predicted molar refractivity (Wildman–Crippen MR) is 38.2 cm³/mol. The molecule has 10 heavy (non-hydrogen) atoms. The molecule has 1 heterocycles. The average molecular weight is 135 g/mol. The van der Waals surface area contributed by atoms with E-state index >= 15 is 0 Å². The smallest absolute Gasteiger partial charge is 0.248 e. The summed E-state index contributed by atoms with van der Waals surface area (Å²) < 4.78 is 0. The molecule has 1 aliphatic heterocycles. The Kier molecular flexibility index (Phi) is 1.13. The summed E-state index contributed by atoms with van der Waals surface area (Å²) in [4.78, 5) is 10.8. The van der Waals surface area contributed by atoms with Crippen LogP contribution >= 0.6 is 0 Å². The van der Waals surface area contributed by atoms with E-state index in [-0.39, 0.29) is 5.91 Å². The van der Waals surface area contributed by atoms with E-state index in [0.717, 1.165) is 18.5 Å². The summed E-state index contributed by atoms with van der Waals surface area (Å²) in [6.07, 6.45) is 7.15. The highest BCUT2D eigenvalue weighted by Crippen LogP contribution is 2.24. The minimum absolute atomic E-state index is 0.0446. The fraction of sp³-hybridized carbons (Fsp3) is 0.375. The molecule has 2 rings (SSSR count). The van der Waals surface area contributed by atoms with E-state index in [9.17, 15) is 4.79 Å². The molecular weight excluding hydrogens is 126 g/mol. The van der Waals surface area contributed by atoms with Crippen LogP contribution in [0, 0.1) is 0 Å². The van der Waals surface area contributed by atoms with Crippen molar-refractivity contribution in [1.82, 2.24) is 5.32 Å². The molecule has 2 nitrogen and oxygen atoms in total. The summed E-state index contributed by atoms with van der Waals surface area (Å²) in [5, 5.41) is 2.79. The molecule has 1 N–H and O–H groups in total. The summed E-state index contributed by atoms with van der Waals surface area (Å²) in [6.45, 7) is 0. The number of carbonyl (C=O) groups excluding carboxylic acids is 1. The highest BCUT2D eigenvalue weighted by molar-refractivity contribution is 5.94. The first-order valence-electron chi connectivity index (χ1n) is 3.58. The minimum Gasteiger partial charge on any atom is -0.323 e. The molecule has 1 aliphatic carbocycles. The third-order valence-corrected chi connectivity index (χ3v) is 1.91. The molecule has 0 fully saturated rings. The third kappa shape index (κ3) is 0.764. The maximum absolute atomic E-state index is 10.8. The monoisotopic (exact) mass is 135 g/mol. The first-order chi connectivity index (χ1) is 4.86. The zero-order valence-corrected chi connectivity index (χ0v) is 5.68. The van der Waals surface area contributed by atoms with E-state index < -0.39 is 0 Å². The number of allylic oxidation sites excluding steroid dienone is 2. The average Bonchev–Trinajstić information content (AvgIpc) is 2.27. The van der Waals surface area contributed by atoms with E-state index in [0.29, 0.717) is 0 Å². The Bertz CT molecular complexity index is 238. The molecular formula is C8H9NO. The lowest BCUT2D eigenvalue weighted by molar-refractivity contribution is -0.115. The standard InChI is InChI=1S/C8H9NO/c10-8-5-6-3-1-2-4-7(6)9-8/h4-5H,1-3H2,(H,9,10). The van der Waals surface area contributed by atoms with E-state index in [2.05, 4.69) is 11.4 Å². The second-order valence-corrected chi connectivity index (χ2v) is 2.67. The van der Waals surface area contributed by atoms with Crippen molar-refractivity contribution in [3.63, 3.8) is 0 Å². The lowest BCUT2D eigenvalue weighted by Gasteiger charge is -2.09. The molecule has 2 aliphatic rings. The Morgan fingerprint density at radius 1 is 1.50 bits per heavy atom. The zero-order valence-electron chi connectivity index (χ0n) is 5.68. The van der Waals surface area contributed by atoms with Gasteiger partial charge in [0.2, 0.25) is 5.91 Å². The summed E-state index contributed by atoms with van der Waals surface area (Å²) in [6, 6.07) is 0. The fourth-order valence-electron chi connectivity index (χ4n) is 1.41. The molecule has 0 saturated heterocycles. The number of hydrogen-bond donors (Lipinski definition) is 1. The van der Waals surface area contributed by atoms with Gasteiger partial charge in [0.05, 0.1) is 0 Å². The maximum atomic E-state index is 10.8. The first kappa shape index (κ1) is 5.71. The largest absolute Gasteiger partial charge is 0.323 e. The molecule has 0 aromatic rings. The summed E-state index contributed by atoms with van der Waals surface area (Å²) in [5.74, 6) is 0.0446. The molecule has 2 heteroatoms. The molecule has 1 amide bonds. The van der Waals surface area contributed by atoms with Crippen LogP contribution in [0.1, 0.15) is 19.3 Å². The molecule has 0 aromatic carbocycles. The van der Waals surface area contributed by atoms with Crippen molar-refractivity contribution in [3.05, 3.63) is 23.4 Å². The molecule has 52 valence electrons. The topological polar surface area (TPSA) is 29.1 Å². The summed E-state index contributed by atoms with van der Waals surface area (Å²) in [7, 11) is 0. The number of fused-ring (bicyclic) bond motifs is 1. The van der Waals surface area contributed by atoms with E-state index in [4.69, 9.17) is 0 Å². The van der Waals surface area contributed by atoms with Gasteiger partial charge in [-0.25, -0.2) is 0 Å². The van der Waals surface area contributed by atoms with E-state index in [1.165, 1.54) is 12.0 Å². The lowest BCUT2D eigenvalue weighted by Crippen LogP contribution is -2.14. The van der Waals surface area contributed by atoms with Crippen LogP contribution in [-0.4, -0.2) is 5.91 Å². The normalized spacial score (nSPS) is 23.0. The number of carbonyl (C=O) groups is 1. The van der Waals surface area contributed by atoms with Crippen LogP contribution in [0.5, 0.6) is 0 Å². The van der Waals surface area contributed by atoms with Gasteiger partial charge in [0.1, 0.15) is 0 Å². The van der Waals surface area contributed by atoms with Crippen molar-refractivity contribution in [2.45, 2.75) is 19.3 Å². The summed E-state index contributed by atoms with van der Waals surface area (Å²) in [5.41, 5.74) is 2.24. The summed E-state index contributed by atoms with van der Waals surface area (Å²) >= 11 is 0. The van der Waals surface area contributed by atoms with Crippen molar-refractivity contribution >= 4 is 5.91 Å². The van der Waals surface area contributed by atoms with Crippen LogP contribution in [0.2, 0.25) is 0 Å². The number of amides is 1. The van der Waals surface area contributed by atoms with Crippen LogP contribution in [0.4, 0.5) is 0 Å². The zero-order chi connectivity index (χ0) is 6.97. The Hall–Kier alpha value is -1.05. The highest BCUT2D eigenvalue weighted by atomic mass is 16.1. The fourth-order valence-corrected chi connectivity index (χ4v) is 1.41. The minimum atomic E-state index is 0.0446. The van der Waals surface area contributed by atoms with Gasteiger partial charge in [-0.05, 0) is 24.8 Å². The SMILES string of the molecule is O=C1C=C2CCCC=C2N1. The van der Waals surface area contributed by atoms with Crippen LogP contribution in [0.15, 0.2) is 23.4 Å². The Balaban J connectivity index is 2.35. The van der Waals surface area contributed by atoms with E-state index in [1.807, 2.05) is 0 Å². The van der Waals surface area contributed by atoms with Gasteiger partial charge in [-0.3, -0.25) is 4.79 Å². The number of nitrogens with one attached hydrogen (secondary N) is 1. The maximum Gasteiger partial charge on any atom is 0.248 e. The number of rotatable bonds is 0. The van der Waals surface area contributed by atoms with Crippen LogP contribution in [0.3, 0.4) is 0 Å². The van der Waals surface area contributed by atoms with Crippen LogP contribution in [-0.2, 0) is 4.79 Å². The van der Waals surface area contributed by atoms with Crippen molar-refractivity contribution in [2.24, 2.45) is 0 Å². The van der Waals surface area contributed by atoms with E-state index in [1.54, 1.807) is 6.08 Å². The Morgan fingerprint density at radius 2 is 2.40 bits per heavy atom. The second-order valence-electron chi connectivity index (χ2n) is 2.67. The molecule has 0 saturated carbocycles. The van der Waals surface area contributed by atoms with Gasteiger partial charge in [0.15, 0.2) is 0 Å². The molecule has 0 radical (unpaired) electrons. The Labute approximate surface area is 59.6 Å². The van der Waals surface area contributed by atoms with Crippen molar-refractivity contribution in [3.8, 4) is 0 Å². The van der Waals surface area contributed by atoms with Gasteiger partial charge in [-0.1, -0.05) is 6.08 Å². The molecule has 0 bridgehead atoms. The van der Waals surface area contributed by atoms with Crippen molar-refractivity contribution < 1.29 is 4.79 Å². The van der Waals surface area contributed by atoms with Gasteiger partial charge in [0, 0.05) is 11.8 Å². The quantitative estimate of drug-likeness (QED) is 0.529. The van der Waals surface area contributed by atoms with Gasteiger partial charge >= 0.3 is 0 Å².